The monoisotopic (exact) mass is 411 g/mol. The van der Waals surface area contributed by atoms with Crippen molar-refractivity contribution in [3.63, 3.8) is 0 Å². The standard InChI is InChI=1S/C20H15Cl2N5O/c21-15-6-1-12(9-16(15)22)10-24-18-7-8-19-25-11-17(27(19)26-18)13-2-4-14(5-3-13)20(23)28/h1-9,11H,10H2,(H2,23,28)(H,24,26). The molecule has 0 aliphatic rings. The molecule has 4 rings (SSSR count). The van der Waals surface area contributed by atoms with E-state index in [1.807, 2.05) is 36.4 Å². The largest absolute Gasteiger partial charge is 0.366 e. The maximum absolute atomic E-state index is 11.3. The number of carbonyl (C=O) groups excluding carboxylic acids is 1. The lowest BCUT2D eigenvalue weighted by Gasteiger charge is -2.08. The van der Waals surface area contributed by atoms with Crippen molar-refractivity contribution in [3.8, 4) is 11.3 Å². The second-order valence-electron chi connectivity index (χ2n) is 6.18. The molecular formula is C20H15Cl2N5O. The first-order valence-corrected chi connectivity index (χ1v) is 9.20. The van der Waals surface area contributed by atoms with E-state index in [0.717, 1.165) is 16.8 Å². The van der Waals surface area contributed by atoms with Crippen molar-refractivity contribution < 1.29 is 4.79 Å². The van der Waals surface area contributed by atoms with E-state index >= 15 is 0 Å². The number of aromatic nitrogens is 3. The van der Waals surface area contributed by atoms with Crippen molar-refractivity contribution in [1.29, 1.82) is 0 Å². The highest BCUT2D eigenvalue weighted by atomic mass is 35.5. The fourth-order valence-electron chi connectivity index (χ4n) is 2.81. The van der Waals surface area contributed by atoms with Crippen LogP contribution < -0.4 is 11.1 Å². The molecule has 0 saturated carbocycles. The number of hydrogen-bond donors (Lipinski definition) is 2. The van der Waals surface area contributed by atoms with Crippen LogP contribution in [0.15, 0.2) is 60.8 Å². The fraction of sp³-hybridized carbons (Fsp3) is 0.0500. The number of nitrogens with zero attached hydrogens (tertiary/aromatic N) is 3. The number of carbonyl (C=O) groups is 1. The smallest absolute Gasteiger partial charge is 0.248 e. The van der Waals surface area contributed by atoms with Crippen molar-refractivity contribution in [2.45, 2.75) is 6.54 Å². The summed E-state index contributed by atoms with van der Waals surface area (Å²) in [5.74, 6) is 0.225. The van der Waals surface area contributed by atoms with Crippen LogP contribution in [0.4, 0.5) is 5.82 Å². The molecule has 0 aliphatic carbocycles. The molecule has 28 heavy (non-hydrogen) atoms. The van der Waals surface area contributed by atoms with Gasteiger partial charge in [-0.3, -0.25) is 4.79 Å². The third-order valence-corrected chi connectivity index (χ3v) is 5.02. The Morgan fingerprint density at radius 3 is 2.54 bits per heavy atom. The Kier molecular flexibility index (Phi) is 4.90. The Bertz CT molecular complexity index is 1170. The molecule has 0 unspecified atom stereocenters. The Morgan fingerprint density at radius 1 is 1.04 bits per heavy atom. The first-order valence-electron chi connectivity index (χ1n) is 8.44. The Labute approximate surface area is 170 Å². The molecule has 4 aromatic rings. The molecule has 6 nitrogen and oxygen atoms in total. The van der Waals surface area contributed by atoms with Crippen molar-refractivity contribution in [2.75, 3.05) is 5.32 Å². The first kappa shape index (κ1) is 18.3. The maximum atomic E-state index is 11.3. The third kappa shape index (κ3) is 3.65. The average molecular weight is 412 g/mol. The molecule has 0 spiro atoms. The van der Waals surface area contributed by atoms with Crippen LogP contribution in [0.25, 0.3) is 16.9 Å². The predicted octanol–water partition coefficient (Wildman–Crippen LogP) is 4.41. The Morgan fingerprint density at radius 2 is 1.82 bits per heavy atom. The normalized spacial score (nSPS) is 10.9. The second kappa shape index (κ2) is 7.50. The van der Waals surface area contributed by atoms with E-state index in [1.165, 1.54) is 0 Å². The summed E-state index contributed by atoms with van der Waals surface area (Å²) in [6.07, 6.45) is 1.74. The zero-order valence-corrected chi connectivity index (χ0v) is 16.1. The number of nitrogens with one attached hydrogen (secondary N) is 1. The number of fused-ring (bicyclic) bond motifs is 1. The second-order valence-corrected chi connectivity index (χ2v) is 6.99. The predicted molar refractivity (Wildman–Crippen MR) is 111 cm³/mol. The van der Waals surface area contributed by atoms with E-state index in [1.54, 1.807) is 28.9 Å². The lowest BCUT2D eigenvalue weighted by Crippen LogP contribution is -2.10. The first-order chi connectivity index (χ1) is 13.5. The number of halogens is 2. The molecule has 0 fully saturated rings. The molecule has 2 aromatic carbocycles. The van der Waals surface area contributed by atoms with Crippen molar-refractivity contribution >= 4 is 40.6 Å². The summed E-state index contributed by atoms with van der Waals surface area (Å²) in [4.78, 5) is 15.6. The molecule has 1 amide bonds. The topological polar surface area (TPSA) is 85.3 Å². The molecule has 3 N–H and O–H groups in total. The third-order valence-electron chi connectivity index (χ3n) is 4.29. The highest BCUT2D eigenvalue weighted by Crippen LogP contribution is 2.24. The maximum Gasteiger partial charge on any atom is 0.248 e. The van der Waals surface area contributed by atoms with Crippen LogP contribution >= 0.6 is 23.2 Å². The van der Waals surface area contributed by atoms with Gasteiger partial charge < -0.3 is 11.1 Å². The summed E-state index contributed by atoms with van der Waals surface area (Å²) in [7, 11) is 0. The lowest BCUT2D eigenvalue weighted by molar-refractivity contribution is 0.100. The van der Waals surface area contributed by atoms with E-state index in [0.29, 0.717) is 33.6 Å². The van der Waals surface area contributed by atoms with E-state index < -0.39 is 5.91 Å². The zero-order chi connectivity index (χ0) is 19.7. The van der Waals surface area contributed by atoms with Gasteiger partial charge in [0, 0.05) is 17.7 Å². The number of imidazole rings is 1. The number of rotatable bonds is 5. The van der Waals surface area contributed by atoms with Crippen molar-refractivity contribution in [1.82, 2.24) is 14.6 Å². The van der Waals surface area contributed by atoms with Gasteiger partial charge in [0.2, 0.25) is 5.91 Å². The molecule has 2 heterocycles. The van der Waals surface area contributed by atoms with Gasteiger partial charge in [-0.15, -0.1) is 5.10 Å². The van der Waals surface area contributed by atoms with Crippen LogP contribution in [-0.2, 0) is 6.54 Å². The summed E-state index contributed by atoms with van der Waals surface area (Å²) in [6, 6.07) is 16.2. The van der Waals surface area contributed by atoms with Crippen LogP contribution in [0.1, 0.15) is 15.9 Å². The molecular weight excluding hydrogens is 397 g/mol. The molecule has 0 bridgehead atoms. The summed E-state index contributed by atoms with van der Waals surface area (Å²) in [5, 5.41) is 8.92. The summed E-state index contributed by atoms with van der Waals surface area (Å²) in [6.45, 7) is 0.548. The molecule has 2 aromatic heterocycles. The Hall–Kier alpha value is -3.09. The molecule has 140 valence electrons. The number of benzene rings is 2. The minimum absolute atomic E-state index is 0.453. The molecule has 0 radical (unpaired) electrons. The molecule has 0 aliphatic heterocycles. The van der Waals surface area contributed by atoms with Gasteiger partial charge >= 0.3 is 0 Å². The zero-order valence-electron chi connectivity index (χ0n) is 14.6. The highest BCUT2D eigenvalue weighted by Gasteiger charge is 2.09. The van der Waals surface area contributed by atoms with Gasteiger partial charge in [-0.05, 0) is 42.0 Å². The minimum Gasteiger partial charge on any atom is -0.366 e. The molecule has 0 atom stereocenters. The van der Waals surface area contributed by atoms with Crippen molar-refractivity contribution in [3.05, 3.63) is 82.0 Å². The van der Waals surface area contributed by atoms with Crippen LogP contribution in [0.3, 0.4) is 0 Å². The summed E-state index contributed by atoms with van der Waals surface area (Å²) < 4.78 is 1.75. The van der Waals surface area contributed by atoms with Crippen molar-refractivity contribution in [2.24, 2.45) is 5.73 Å². The SMILES string of the molecule is NC(=O)c1ccc(-c2cnc3ccc(NCc4ccc(Cl)c(Cl)c4)nn23)cc1. The Balaban J connectivity index is 1.60. The summed E-state index contributed by atoms with van der Waals surface area (Å²) in [5.41, 5.74) is 9.15. The number of primary amides is 1. The number of anilines is 1. The number of hydrogen-bond acceptors (Lipinski definition) is 4. The number of amides is 1. The minimum atomic E-state index is -0.461. The van der Waals surface area contributed by atoms with E-state index in [2.05, 4.69) is 15.4 Å². The van der Waals surface area contributed by atoms with Gasteiger partial charge in [-0.1, -0.05) is 41.4 Å². The fourth-order valence-corrected chi connectivity index (χ4v) is 3.13. The quantitative estimate of drug-likeness (QED) is 0.508. The van der Waals surface area contributed by atoms with Crippen LogP contribution in [-0.4, -0.2) is 20.5 Å². The molecule has 0 saturated heterocycles. The van der Waals surface area contributed by atoms with E-state index in [4.69, 9.17) is 28.9 Å². The van der Waals surface area contributed by atoms with Gasteiger partial charge in [0.05, 0.1) is 21.9 Å². The van der Waals surface area contributed by atoms with Crippen LogP contribution in [0.5, 0.6) is 0 Å². The lowest BCUT2D eigenvalue weighted by atomic mass is 10.1. The average Bonchev–Trinajstić information content (AvgIpc) is 3.12. The van der Waals surface area contributed by atoms with Gasteiger partial charge in [-0.2, -0.15) is 0 Å². The van der Waals surface area contributed by atoms with E-state index in [-0.39, 0.29) is 0 Å². The van der Waals surface area contributed by atoms with E-state index in [9.17, 15) is 4.79 Å². The van der Waals surface area contributed by atoms with Gasteiger partial charge in [0.25, 0.3) is 0 Å². The summed E-state index contributed by atoms with van der Waals surface area (Å²) >= 11 is 12.0. The number of nitrogens with two attached hydrogens (primary N) is 1. The van der Waals surface area contributed by atoms with Gasteiger partial charge in [-0.25, -0.2) is 9.50 Å². The van der Waals surface area contributed by atoms with Gasteiger partial charge in [0.15, 0.2) is 5.65 Å². The molecule has 8 heteroatoms. The highest BCUT2D eigenvalue weighted by molar-refractivity contribution is 6.42. The van der Waals surface area contributed by atoms with Crippen LogP contribution in [0, 0.1) is 0 Å². The van der Waals surface area contributed by atoms with Crippen LogP contribution in [0.2, 0.25) is 10.0 Å². The van der Waals surface area contributed by atoms with Gasteiger partial charge in [0.1, 0.15) is 5.82 Å².